The molecular formula is C23H21N3O4S. The molecule has 0 spiro atoms. The molecule has 31 heavy (non-hydrogen) atoms. The van der Waals surface area contributed by atoms with Crippen molar-refractivity contribution in [2.75, 3.05) is 16.8 Å². The summed E-state index contributed by atoms with van der Waals surface area (Å²) in [5.41, 5.74) is 3.67. The van der Waals surface area contributed by atoms with Gasteiger partial charge in [0.15, 0.2) is 0 Å². The molecule has 3 amide bonds. The molecule has 2 aliphatic rings. The molecule has 3 aromatic rings. The second-order valence-electron chi connectivity index (χ2n) is 7.67. The van der Waals surface area contributed by atoms with Crippen molar-refractivity contribution >= 4 is 40.4 Å². The zero-order valence-electron chi connectivity index (χ0n) is 16.8. The summed E-state index contributed by atoms with van der Waals surface area (Å²) in [4.78, 5) is 39.7. The number of anilines is 2. The largest absolute Gasteiger partial charge is 0.458 e. The molecule has 2 aromatic heterocycles. The van der Waals surface area contributed by atoms with Crippen LogP contribution in [0.2, 0.25) is 0 Å². The molecule has 0 atom stereocenters. The van der Waals surface area contributed by atoms with Gasteiger partial charge in [-0.15, -0.1) is 11.3 Å². The van der Waals surface area contributed by atoms with Crippen molar-refractivity contribution in [1.82, 2.24) is 5.32 Å². The number of hydrogen-bond acceptors (Lipinski definition) is 5. The van der Waals surface area contributed by atoms with Crippen LogP contribution in [0, 0.1) is 0 Å². The molecule has 0 bridgehead atoms. The molecule has 0 saturated heterocycles. The summed E-state index contributed by atoms with van der Waals surface area (Å²) in [5.74, 6) is 0.0190. The van der Waals surface area contributed by atoms with Crippen molar-refractivity contribution in [2.45, 2.75) is 32.2 Å². The van der Waals surface area contributed by atoms with Gasteiger partial charge in [0.05, 0.1) is 17.1 Å². The van der Waals surface area contributed by atoms with E-state index < -0.39 is 11.8 Å². The highest BCUT2D eigenvalue weighted by molar-refractivity contribution is 7.13. The van der Waals surface area contributed by atoms with Gasteiger partial charge in [-0.25, -0.2) is 0 Å². The number of carbonyl (C=O) groups excluding carboxylic acids is 3. The van der Waals surface area contributed by atoms with Gasteiger partial charge < -0.3 is 20.0 Å². The SMILES string of the molecule is O=C(NCc1ccc(-c2cccs2)o1)C(=O)Nc1cc2c3c(c1)CCC(=O)N3CCC2. The molecule has 0 radical (unpaired) electrons. The van der Waals surface area contributed by atoms with Gasteiger partial charge in [-0.05, 0) is 66.1 Å². The third-order valence-electron chi connectivity index (χ3n) is 5.59. The van der Waals surface area contributed by atoms with Crippen LogP contribution in [-0.2, 0) is 33.8 Å². The Morgan fingerprint density at radius 2 is 1.90 bits per heavy atom. The van der Waals surface area contributed by atoms with E-state index in [0.29, 0.717) is 24.3 Å². The van der Waals surface area contributed by atoms with Gasteiger partial charge in [0.25, 0.3) is 0 Å². The Hall–Kier alpha value is -3.39. The molecule has 158 valence electrons. The van der Waals surface area contributed by atoms with E-state index in [1.807, 2.05) is 40.6 Å². The minimum Gasteiger partial charge on any atom is -0.458 e. The number of rotatable bonds is 4. The predicted molar refractivity (Wildman–Crippen MR) is 118 cm³/mol. The van der Waals surface area contributed by atoms with E-state index in [1.54, 1.807) is 17.4 Å². The molecule has 1 aromatic carbocycles. The zero-order valence-corrected chi connectivity index (χ0v) is 17.6. The van der Waals surface area contributed by atoms with Gasteiger partial charge in [0, 0.05) is 18.7 Å². The van der Waals surface area contributed by atoms with Crippen LogP contribution < -0.4 is 15.5 Å². The fraction of sp³-hybridized carbons (Fsp3) is 0.261. The first-order valence-electron chi connectivity index (χ1n) is 10.3. The highest BCUT2D eigenvalue weighted by Gasteiger charge is 2.30. The van der Waals surface area contributed by atoms with Gasteiger partial charge in [-0.3, -0.25) is 14.4 Å². The van der Waals surface area contributed by atoms with Crippen LogP contribution >= 0.6 is 11.3 Å². The third kappa shape index (κ3) is 3.86. The molecular weight excluding hydrogens is 414 g/mol. The Balaban J connectivity index is 1.23. The number of thiophene rings is 1. The van der Waals surface area contributed by atoms with Gasteiger partial charge in [-0.2, -0.15) is 0 Å². The minimum absolute atomic E-state index is 0.129. The van der Waals surface area contributed by atoms with Crippen LogP contribution in [0.4, 0.5) is 11.4 Å². The second kappa shape index (κ2) is 8.03. The molecule has 0 aliphatic carbocycles. The van der Waals surface area contributed by atoms with Gasteiger partial charge in [-0.1, -0.05) is 6.07 Å². The van der Waals surface area contributed by atoms with E-state index >= 15 is 0 Å². The first-order valence-corrected chi connectivity index (χ1v) is 11.1. The minimum atomic E-state index is -0.725. The van der Waals surface area contributed by atoms with Crippen LogP contribution in [-0.4, -0.2) is 24.3 Å². The number of carbonyl (C=O) groups is 3. The maximum atomic E-state index is 12.4. The van der Waals surface area contributed by atoms with E-state index in [9.17, 15) is 14.4 Å². The Labute approximate surface area is 183 Å². The Morgan fingerprint density at radius 1 is 1.06 bits per heavy atom. The lowest BCUT2D eigenvalue weighted by Crippen LogP contribution is -2.39. The van der Waals surface area contributed by atoms with Gasteiger partial charge in [0.2, 0.25) is 5.91 Å². The number of benzene rings is 1. The van der Waals surface area contributed by atoms with E-state index in [2.05, 4.69) is 10.6 Å². The molecule has 5 rings (SSSR count). The second-order valence-corrected chi connectivity index (χ2v) is 8.62. The standard InChI is InChI=1S/C23H21N3O4S/c27-20-8-5-15-12-16(11-14-3-1-9-26(20)21(14)15)25-23(29)22(28)24-13-17-6-7-18(30-17)19-4-2-10-31-19/h2,4,6-7,10-12H,1,3,5,8-9,13H2,(H,24,28)(H,25,29). The van der Waals surface area contributed by atoms with E-state index in [0.717, 1.165) is 46.8 Å². The maximum Gasteiger partial charge on any atom is 0.313 e. The summed E-state index contributed by atoms with van der Waals surface area (Å²) >= 11 is 1.57. The summed E-state index contributed by atoms with van der Waals surface area (Å²) in [7, 11) is 0. The van der Waals surface area contributed by atoms with Crippen LogP contribution in [0.1, 0.15) is 29.7 Å². The molecule has 0 saturated carbocycles. The zero-order chi connectivity index (χ0) is 21.4. The molecule has 2 N–H and O–H groups in total. The quantitative estimate of drug-likeness (QED) is 0.614. The Kier molecular flexibility index (Phi) is 5.07. The van der Waals surface area contributed by atoms with Crippen LogP contribution in [0.5, 0.6) is 0 Å². The highest BCUT2D eigenvalue weighted by atomic mass is 32.1. The van der Waals surface area contributed by atoms with E-state index in [1.165, 1.54) is 0 Å². The van der Waals surface area contributed by atoms with Crippen molar-refractivity contribution in [2.24, 2.45) is 0 Å². The number of aryl methyl sites for hydroxylation is 2. The first kappa shape index (κ1) is 19.6. The number of amides is 3. The molecule has 4 heterocycles. The number of furan rings is 1. The Morgan fingerprint density at radius 3 is 2.71 bits per heavy atom. The smallest absolute Gasteiger partial charge is 0.313 e. The number of nitrogens with zero attached hydrogens (tertiary/aromatic N) is 1. The molecule has 8 heteroatoms. The average molecular weight is 436 g/mol. The molecule has 0 fully saturated rings. The number of hydrogen-bond donors (Lipinski definition) is 2. The summed E-state index contributed by atoms with van der Waals surface area (Å²) in [6, 6.07) is 11.3. The van der Waals surface area contributed by atoms with Crippen molar-refractivity contribution in [3.05, 3.63) is 58.7 Å². The third-order valence-corrected chi connectivity index (χ3v) is 6.47. The topological polar surface area (TPSA) is 91.6 Å². The van der Waals surface area contributed by atoms with Crippen LogP contribution in [0.25, 0.3) is 10.6 Å². The lowest BCUT2D eigenvalue weighted by molar-refractivity contribution is -0.136. The van der Waals surface area contributed by atoms with Crippen LogP contribution in [0.15, 0.2) is 46.2 Å². The normalized spacial score (nSPS) is 14.8. The molecule has 0 unspecified atom stereocenters. The fourth-order valence-electron chi connectivity index (χ4n) is 4.19. The fourth-order valence-corrected chi connectivity index (χ4v) is 4.87. The summed E-state index contributed by atoms with van der Waals surface area (Å²) in [6.07, 6.45) is 2.87. The van der Waals surface area contributed by atoms with Crippen LogP contribution in [0.3, 0.4) is 0 Å². The first-order chi connectivity index (χ1) is 15.1. The maximum absolute atomic E-state index is 12.4. The predicted octanol–water partition coefficient (Wildman–Crippen LogP) is 3.49. The monoisotopic (exact) mass is 435 g/mol. The number of nitrogens with one attached hydrogen (secondary N) is 2. The molecule has 2 aliphatic heterocycles. The highest BCUT2D eigenvalue weighted by Crippen LogP contribution is 2.37. The Bertz CT molecular complexity index is 1150. The van der Waals surface area contributed by atoms with Gasteiger partial charge in [0.1, 0.15) is 11.5 Å². The van der Waals surface area contributed by atoms with Crippen molar-refractivity contribution < 1.29 is 18.8 Å². The summed E-state index contributed by atoms with van der Waals surface area (Å²) < 4.78 is 5.73. The van der Waals surface area contributed by atoms with Gasteiger partial charge >= 0.3 is 11.8 Å². The van der Waals surface area contributed by atoms with Crippen molar-refractivity contribution in [3.8, 4) is 10.6 Å². The average Bonchev–Trinajstić information content (AvgIpc) is 3.46. The lowest BCUT2D eigenvalue weighted by Gasteiger charge is -2.35. The molecule has 7 nitrogen and oxygen atoms in total. The van der Waals surface area contributed by atoms with E-state index in [-0.39, 0.29) is 12.5 Å². The lowest BCUT2D eigenvalue weighted by atomic mass is 9.91. The summed E-state index contributed by atoms with van der Waals surface area (Å²) in [5, 5.41) is 7.26. The summed E-state index contributed by atoms with van der Waals surface area (Å²) in [6.45, 7) is 0.873. The van der Waals surface area contributed by atoms with Crippen molar-refractivity contribution in [1.29, 1.82) is 0 Å². The van der Waals surface area contributed by atoms with E-state index in [4.69, 9.17) is 4.42 Å². The van der Waals surface area contributed by atoms with Crippen molar-refractivity contribution in [3.63, 3.8) is 0 Å².